The van der Waals surface area contributed by atoms with Crippen molar-refractivity contribution >= 4 is 5.91 Å². The summed E-state index contributed by atoms with van der Waals surface area (Å²) in [5, 5.41) is 5.93. The lowest BCUT2D eigenvalue weighted by molar-refractivity contribution is -0.138. The van der Waals surface area contributed by atoms with Crippen LogP contribution in [0.3, 0.4) is 0 Å². The van der Waals surface area contributed by atoms with Crippen LogP contribution in [-0.4, -0.2) is 5.91 Å². The van der Waals surface area contributed by atoms with Crippen molar-refractivity contribution in [3.63, 3.8) is 0 Å². The minimum absolute atomic E-state index is 0.0133. The minimum atomic E-state index is -4.45. The summed E-state index contributed by atoms with van der Waals surface area (Å²) in [4.78, 5) is 12.0. The molecule has 0 unspecified atom stereocenters. The summed E-state index contributed by atoms with van der Waals surface area (Å²) in [6.45, 7) is 1.95. The van der Waals surface area contributed by atoms with E-state index in [4.69, 9.17) is 0 Å². The third-order valence-electron chi connectivity index (χ3n) is 4.07. The van der Waals surface area contributed by atoms with Gasteiger partial charge in [-0.15, -0.1) is 0 Å². The summed E-state index contributed by atoms with van der Waals surface area (Å²) in [6, 6.07) is 11.1. The molecular formula is C18H17F3N2O. The molecule has 2 aromatic carbocycles. The zero-order valence-electron chi connectivity index (χ0n) is 12.9. The van der Waals surface area contributed by atoms with E-state index in [2.05, 4.69) is 10.6 Å². The van der Waals surface area contributed by atoms with Gasteiger partial charge in [0, 0.05) is 19.6 Å². The molecule has 0 bridgehead atoms. The van der Waals surface area contributed by atoms with E-state index >= 15 is 0 Å². The molecule has 0 fully saturated rings. The Kier molecular flexibility index (Phi) is 4.57. The Morgan fingerprint density at radius 2 is 1.83 bits per heavy atom. The normalized spacial score (nSPS) is 13.6. The first-order valence-electron chi connectivity index (χ1n) is 7.66. The first kappa shape index (κ1) is 16.5. The van der Waals surface area contributed by atoms with Crippen LogP contribution >= 0.6 is 0 Å². The summed E-state index contributed by atoms with van der Waals surface area (Å²) in [7, 11) is 0. The number of rotatable bonds is 4. The molecule has 0 atom stereocenters. The first-order valence-corrected chi connectivity index (χ1v) is 7.66. The van der Waals surface area contributed by atoms with E-state index in [1.165, 1.54) is 29.3 Å². The highest BCUT2D eigenvalue weighted by Crippen LogP contribution is 2.32. The molecule has 0 aromatic heterocycles. The van der Waals surface area contributed by atoms with Gasteiger partial charge in [0.05, 0.1) is 12.0 Å². The Hall–Kier alpha value is -2.34. The van der Waals surface area contributed by atoms with Crippen LogP contribution in [0.25, 0.3) is 0 Å². The second kappa shape index (κ2) is 6.65. The maximum atomic E-state index is 12.9. The van der Waals surface area contributed by atoms with Crippen LogP contribution in [0.2, 0.25) is 0 Å². The van der Waals surface area contributed by atoms with Crippen molar-refractivity contribution in [1.82, 2.24) is 10.6 Å². The van der Waals surface area contributed by atoms with Crippen LogP contribution in [0.4, 0.5) is 13.2 Å². The quantitative estimate of drug-likeness (QED) is 0.902. The van der Waals surface area contributed by atoms with Crippen LogP contribution in [-0.2, 0) is 37.0 Å². The molecule has 0 saturated heterocycles. The number of hydrogen-bond acceptors (Lipinski definition) is 2. The SMILES string of the molecule is O=C(Cc1ccccc1C(F)(F)F)NCc1ccc2c(c1)CNC2. The molecule has 126 valence electrons. The number of alkyl halides is 3. The van der Waals surface area contributed by atoms with Crippen molar-refractivity contribution in [2.24, 2.45) is 0 Å². The van der Waals surface area contributed by atoms with E-state index in [9.17, 15) is 18.0 Å². The van der Waals surface area contributed by atoms with Crippen molar-refractivity contribution in [1.29, 1.82) is 0 Å². The molecule has 0 saturated carbocycles. The number of nitrogens with one attached hydrogen (secondary N) is 2. The summed E-state index contributed by atoms with van der Waals surface area (Å²) < 4.78 is 38.8. The third-order valence-corrected chi connectivity index (χ3v) is 4.07. The fourth-order valence-electron chi connectivity index (χ4n) is 2.85. The monoisotopic (exact) mass is 334 g/mol. The lowest BCUT2D eigenvalue weighted by Crippen LogP contribution is -2.25. The molecule has 0 spiro atoms. The maximum absolute atomic E-state index is 12.9. The molecule has 0 radical (unpaired) electrons. The average molecular weight is 334 g/mol. The second-order valence-electron chi connectivity index (χ2n) is 5.82. The Bertz CT molecular complexity index is 756. The third kappa shape index (κ3) is 3.76. The highest BCUT2D eigenvalue weighted by Gasteiger charge is 2.33. The van der Waals surface area contributed by atoms with Gasteiger partial charge in [-0.05, 0) is 28.3 Å². The Balaban J connectivity index is 1.63. The van der Waals surface area contributed by atoms with Gasteiger partial charge in [-0.2, -0.15) is 13.2 Å². The van der Waals surface area contributed by atoms with Crippen molar-refractivity contribution < 1.29 is 18.0 Å². The second-order valence-corrected chi connectivity index (χ2v) is 5.82. The number of hydrogen-bond donors (Lipinski definition) is 2. The van der Waals surface area contributed by atoms with Gasteiger partial charge in [0.1, 0.15) is 0 Å². The van der Waals surface area contributed by atoms with Crippen LogP contribution in [0, 0.1) is 0 Å². The van der Waals surface area contributed by atoms with Gasteiger partial charge in [-0.3, -0.25) is 4.79 Å². The predicted octanol–water partition coefficient (Wildman–Crippen LogP) is 3.17. The van der Waals surface area contributed by atoms with Crippen molar-refractivity contribution in [2.45, 2.75) is 32.2 Å². The highest BCUT2D eigenvalue weighted by atomic mass is 19.4. The fourth-order valence-corrected chi connectivity index (χ4v) is 2.85. The first-order chi connectivity index (χ1) is 11.4. The van der Waals surface area contributed by atoms with Gasteiger partial charge in [0.25, 0.3) is 0 Å². The molecule has 0 aliphatic carbocycles. The van der Waals surface area contributed by atoms with Crippen LogP contribution in [0.15, 0.2) is 42.5 Å². The smallest absolute Gasteiger partial charge is 0.352 e. The number of carbonyl (C=O) groups is 1. The van der Waals surface area contributed by atoms with E-state index < -0.39 is 17.6 Å². The summed E-state index contributed by atoms with van der Waals surface area (Å²) in [6.07, 6.45) is -4.74. The molecular weight excluding hydrogens is 317 g/mol. The molecule has 1 aliphatic heterocycles. The van der Waals surface area contributed by atoms with E-state index in [0.29, 0.717) is 6.54 Å². The predicted molar refractivity (Wildman–Crippen MR) is 84.0 cm³/mol. The van der Waals surface area contributed by atoms with E-state index in [1.807, 2.05) is 18.2 Å². The van der Waals surface area contributed by atoms with E-state index in [0.717, 1.165) is 24.7 Å². The van der Waals surface area contributed by atoms with Crippen LogP contribution in [0.1, 0.15) is 27.8 Å². The maximum Gasteiger partial charge on any atom is 0.416 e. The molecule has 1 aliphatic rings. The minimum Gasteiger partial charge on any atom is -0.352 e. The van der Waals surface area contributed by atoms with Crippen molar-refractivity contribution in [2.75, 3.05) is 0 Å². The summed E-state index contributed by atoms with van der Waals surface area (Å²) >= 11 is 0. The molecule has 24 heavy (non-hydrogen) atoms. The van der Waals surface area contributed by atoms with Gasteiger partial charge in [-0.1, -0.05) is 36.4 Å². The molecule has 1 amide bonds. The number of benzene rings is 2. The summed E-state index contributed by atoms with van der Waals surface area (Å²) in [5.41, 5.74) is 2.60. The number of fused-ring (bicyclic) bond motifs is 1. The van der Waals surface area contributed by atoms with Gasteiger partial charge in [0.15, 0.2) is 0 Å². The highest BCUT2D eigenvalue weighted by molar-refractivity contribution is 5.79. The lowest BCUT2D eigenvalue weighted by Gasteiger charge is -2.12. The van der Waals surface area contributed by atoms with E-state index in [-0.39, 0.29) is 12.0 Å². The largest absolute Gasteiger partial charge is 0.416 e. The molecule has 3 rings (SSSR count). The van der Waals surface area contributed by atoms with E-state index in [1.54, 1.807) is 0 Å². The summed E-state index contributed by atoms with van der Waals surface area (Å²) in [5.74, 6) is -0.426. The molecule has 2 N–H and O–H groups in total. The molecule has 1 heterocycles. The number of carbonyl (C=O) groups excluding carboxylic acids is 1. The van der Waals surface area contributed by atoms with Gasteiger partial charge in [-0.25, -0.2) is 0 Å². The van der Waals surface area contributed by atoms with Crippen molar-refractivity contribution in [3.8, 4) is 0 Å². The Morgan fingerprint density at radius 3 is 2.62 bits per heavy atom. The zero-order valence-corrected chi connectivity index (χ0v) is 12.9. The molecule has 2 aromatic rings. The fraction of sp³-hybridized carbons (Fsp3) is 0.278. The standard InChI is InChI=1S/C18H17F3N2O/c19-18(20,21)16-4-2-1-3-13(16)8-17(24)23-9-12-5-6-14-10-22-11-15(14)7-12/h1-7,22H,8-11H2,(H,23,24). The Morgan fingerprint density at radius 1 is 1.08 bits per heavy atom. The average Bonchev–Trinajstić information content (AvgIpc) is 3.00. The number of amides is 1. The van der Waals surface area contributed by atoms with Crippen LogP contribution < -0.4 is 10.6 Å². The topological polar surface area (TPSA) is 41.1 Å². The van der Waals surface area contributed by atoms with Gasteiger partial charge in [0.2, 0.25) is 5.91 Å². The Labute approximate surface area is 137 Å². The van der Waals surface area contributed by atoms with Gasteiger partial charge >= 0.3 is 6.18 Å². The van der Waals surface area contributed by atoms with Crippen LogP contribution in [0.5, 0.6) is 0 Å². The number of halogens is 3. The zero-order chi connectivity index (χ0) is 17.2. The molecule has 3 nitrogen and oxygen atoms in total. The molecule has 6 heteroatoms. The van der Waals surface area contributed by atoms with Crippen molar-refractivity contribution in [3.05, 3.63) is 70.3 Å². The lowest BCUT2D eigenvalue weighted by atomic mass is 10.0. The van der Waals surface area contributed by atoms with Gasteiger partial charge < -0.3 is 10.6 Å².